The van der Waals surface area contributed by atoms with Crippen molar-refractivity contribution in [3.8, 4) is 0 Å². The molecule has 1 aliphatic heterocycles. The summed E-state index contributed by atoms with van der Waals surface area (Å²) in [4.78, 5) is 2.64. The Labute approximate surface area is 157 Å². The first kappa shape index (κ1) is 18.9. The van der Waals surface area contributed by atoms with Gasteiger partial charge in [0.15, 0.2) is 0 Å². The van der Waals surface area contributed by atoms with Crippen LogP contribution in [0.25, 0.3) is 0 Å². The van der Waals surface area contributed by atoms with Crippen molar-refractivity contribution in [2.45, 2.75) is 38.0 Å². The Morgan fingerprint density at radius 1 is 0.885 bits per heavy atom. The normalized spacial score (nSPS) is 16.7. The summed E-state index contributed by atoms with van der Waals surface area (Å²) in [6.45, 7) is 10.9. The second-order valence-electron chi connectivity index (χ2n) is 8.00. The molecule has 0 unspecified atom stereocenters. The molecule has 2 aromatic rings. The topological polar surface area (TPSA) is 40.6 Å². The van der Waals surface area contributed by atoms with E-state index in [-0.39, 0.29) is 5.41 Å². The predicted octanol–water partition coefficient (Wildman–Crippen LogP) is 3.80. The third kappa shape index (κ3) is 3.94. The lowest BCUT2D eigenvalue weighted by atomic mass is 9.87. The van der Waals surface area contributed by atoms with Crippen LogP contribution in [0.2, 0.25) is 0 Å². The van der Waals surface area contributed by atoms with Gasteiger partial charge in [-0.05, 0) is 47.7 Å². The summed E-state index contributed by atoms with van der Waals surface area (Å²) in [7, 11) is -3.43. The van der Waals surface area contributed by atoms with Crippen molar-refractivity contribution < 1.29 is 8.42 Å². The van der Waals surface area contributed by atoms with E-state index in [1.165, 1.54) is 5.56 Å². The minimum absolute atomic E-state index is 0.0156. The quantitative estimate of drug-likeness (QED) is 0.823. The molecular weight excluding hydrogens is 344 g/mol. The van der Waals surface area contributed by atoms with E-state index in [2.05, 4.69) is 50.8 Å². The van der Waals surface area contributed by atoms with Crippen molar-refractivity contribution in [3.05, 3.63) is 59.7 Å². The van der Waals surface area contributed by atoms with Crippen molar-refractivity contribution in [3.63, 3.8) is 0 Å². The van der Waals surface area contributed by atoms with Crippen LogP contribution in [0.5, 0.6) is 0 Å². The highest BCUT2D eigenvalue weighted by Gasteiger charge is 2.29. The van der Waals surface area contributed by atoms with Gasteiger partial charge in [0.05, 0.1) is 4.90 Å². The number of hydrogen-bond acceptors (Lipinski definition) is 3. The van der Waals surface area contributed by atoms with Gasteiger partial charge in [-0.1, -0.05) is 45.0 Å². The Balaban J connectivity index is 1.72. The van der Waals surface area contributed by atoms with Gasteiger partial charge in [0.2, 0.25) is 10.0 Å². The maximum absolute atomic E-state index is 13.0. The monoisotopic (exact) mass is 372 g/mol. The standard InChI is InChI=1S/C21H28N2O2S/c1-17-6-5-7-19(16-17)22-12-14-23(15-13-22)26(24,25)20-10-8-18(9-11-20)21(2,3)4/h5-11,16H,12-15H2,1-4H3. The molecule has 5 heteroatoms. The maximum Gasteiger partial charge on any atom is 0.243 e. The zero-order valence-electron chi connectivity index (χ0n) is 16.1. The maximum atomic E-state index is 13.0. The first-order valence-electron chi connectivity index (χ1n) is 9.10. The van der Waals surface area contributed by atoms with Crippen molar-refractivity contribution >= 4 is 15.7 Å². The molecule has 3 rings (SSSR count). The Hall–Kier alpha value is -1.85. The fourth-order valence-corrected chi connectivity index (χ4v) is 4.71. The van der Waals surface area contributed by atoms with Crippen LogP contribution >= 0.6 is 0 Å². The minimum atomic E-state index is -3.43. The Kier molecular flexibility index (Phi) is 5.13. The molecule has 0 bridgehead atoms. The number of rotatable bonds is 3. The van der Waals surface area contributed by atoms with E-state index in [4.69, 9.17) is 0 Å². The van der Waals surface area contributed by atoms with Crippen LogP contribution in [-0.4, -0.2) is 38.9 Å². The molecule has 1 heterocycles. The number of anilines is 1. The van der Waals surface area contributed by atoms with Crippen molar-refractivity contribution in [1.82, 2.24) is 4.31 Å². The fourth-order valence-electron chi connectivity index (χ4n) is 3.29. The molecule has 2 aromatic carbocycles. The van der Waals surface area contributed by atoms with Crippen molar-refractivity contribution in [1.29, 1.82) is 0 Å². The number of sulfonamides is 1. The van der Waals surface area contributed by atoms with E-state index >= 15 is 0 Å². The average molecular weight is 373 g/mol. The summed E-state index contributed by atoms with van der Waals surface area (Å²) in [5.41, 5.74) is 3.54. The Morgan fingerprint density at radius 3 is 2.04 bits per heavy atom. The molecule has 0 spiro atoms. The van der Waals surface area contributed by atoms with Gasteiger partial charge in [-0.25, -0.2) is 8.42 Å². The molecule has 0 amide bonds. The zero-order valence-corrected chi connectivity index (χ0v) is 16.9. The second-order valence-corrected chi connectivity index (χ2v) is 9.94. The summed E-state index contributed by atoms with van der Waals surface area (Å²) in [5, 5.41) is 0. The SMILES string of the molecule is Cc1cccc(N2CCN(S(=O)(=O)c3ccc(C(C)(C)C)cc3)CC2)c1. The van der Waals surface area contributed by atoms with Crippen LogP contribution in [0.15, 0.2) is 53.4 Å². The summed E-state index contributed by atoms with van der Waals surface area (Å²) >= 11 is 0. The largest absolute Gasteiger partial charge is 0.369 e. The van der Waals surface area contributed by atoms with Gasteiger partial charge in [-0.2, -0.15) is 4.31 Å². The van der Waals surface area contributed by atoms with Crippen LogP contribution in [-0.2, 0) is 15.4 Å². The second kappa shape index (κ2) is 7.05. The highest BCUT2D eigenvalue weighted by molar-refractivity contribution is 7.89. The molecule has 0 atom stereocenters. The van der Waals surface area contributed by atoms with Crippen molar-refractivity contribution in [2.24, 2.45) is 0 Å². The minimum Gasteiger partial charge on any atom is -0.369 e. The van der Waals surface area contributed by atoms with Gasteiger partial charge < -0.3 is 4.90 Å². The first-order valence-corrected chi connectivity index (χ1v) is 10.5. The average Bonchev–Trinajstić information content (AvgIpc) is 2.61. The summed E-state index contributed by atoms with van der Waals surface area (Å²) in [5.74, 6) is 0. The molecule has 0 N–H and O–H groups in total. The number of benzene rings is 2. The van der Waals surface area contributed by atoms with Gasteiger partial charge in [-0.15, -0.1) is 0 Å². The van der Waals surface area contributed by atoms with Gasteiger partial charge in [-0.3, -0.25) is 0 Å². The molecule has 0 radical (unpaired) electrons. The third-order valence-electron chi connectivity index (χ3n) is 4.96. The van der Waals surface area contributed by atoms with Crippen LogP contribution in [0.1, 0.15) is 31.9 Å². The molecular formula is C21H28N2O2S. The van der Waals surface area contributed by atoms with E-state index in [0.29, 0.717) is 31.1 Å². The number of nitrogens with zero attached hydrogens (tertiary/aromatic N) is 2. The molecule has 4 nitrogen and oxygen atoms in total. The molecule has 0 aliphatic carbocycles. The smallest absolute Gasteiger partial charge is 0.243 e. The van der Waals surface area contributed by atoms with E-state index in [9.17, 15) is 8.42 Å². The highest BCUT2D eigenvalue weighted by Crippen LogP contribution is 2.26. The van der Waals surface area contributed by atoms with Gasteiger partial charge in [0, 0.05) is 31.9 Å². The summed E-state index contributed by atoms with van der Waals surface area (Å²) < 4.78 is 27.5. The highest BCUT2D eigenvalue weighted by atomic mass is 32.2. The zero-order chi connectivity index (χ0) is 18.9. The van der Waals surface area contributed by atoms with Gasteiger partial charge in [0.1, 0.15) is 0 Å². The van der Waals surface area contributed by atoms with E-state index < -0.39 is 10.0 Å². The summed E-state index contributed by atoms with van der Waals surface area (Å²) in [6, 6.07) is 15.7. The van der Waals surface area contributed by atoms with E-state index in [0.717, 1.165) is 11.3 Å². The molecule has 1 fully saturated rings. The fraction of sp³-hybridized carbons (Fsp3) is 0.429. The van der Waals surface area contributed by atoms with Crippen molar-refractivity contribution in [2.75, 3.05) is 31.1 Å². The molecule has 0 aromatic heterocycles. The molecule has 26 heavy (non-hydrogen) atoms. The van der Waals surface area contributed by atoms with Crippen LogP contribution in [0.3, 0.4) is 0 Å². The number of hydrogen-bond donors (Lipinski definition) is 0. The van der Waals surface area contributed by atoms with E-state index in [1.807, 2.05) is 18.2 Å². The van der Waals surface area contributed by atoms with Crippen LogP contribution < -0.4 is 4.90 Å². The molecule has 1 saturated heterocycles. The van der Waals surface area contributed by atoms with Crippen LogP contribution in [0, 0.1) is 6.92 Å². The Morgan fingerprint density at radius 2 is 1.50 bits per heavy atom. The molecule has 0 saturated carbocycles. The van der Waals surface area contributed by atoms with Gasteiger partial charge in [0.25, 0.3) is 0 Å². The lowest BCUT2D eigenvalue weighted by Crippen LogP contribution is -2.48. The van der Waals surface area contributed by atoms with Crippen LogP contribution in [0.4, 0.5) is 5.69 Å². The predicted molar refractivity (Wildman–Crippen MR) is 107 cm³/mol. The lowest BCUT2D eigenvalue weighted by Gasteiger charge is -2.35. The molecule has 1 aliphatic rings. The Bertz CT molecular complexity index is 860. The molecule has 140 valence electrons. The number of piperazine rings is 1. The third-order valence-corrected chi connectivity index (χ3v) is 6.88. The van der Waals surface area contributed by atoms with Gasteiger partial charge >= 0.3 is 0 Å². The first-order chi connectivity index (χ1) is 12.2. The van der Waals surface area contributed by atoms with E-state index in [1.54, 1.807) is 16.4 Å². The lowest BCUT2D eigenvalue weighted by molar-refractivity contribution is 0.385. The summed E-state index contributed by atoms with van der Waals surface area (Å²) in [6.07, 6.45) is 0. The number of aryl methyl sites for hydroxylation is 1.